The van der Waals surface area contributed by atoms with Crippen LogP contribution in [0.15, 0.2) is 0 Å². The number of hydroxylamine groups is 1. The lowest BCUT2D eigenvalue weighted by atomic mass is 9.86. The summed E-state index contributed by atoms with van der Waals surface area (Å²) in [5.74, 6) is -0.295. The first-order valence-corrected chi connectivity index (χ1v) is 3.93. The number of carbonyl (C=O) groups excluding carboxylic acids is 1. The number of carbonyl (C=O) groups is 1. The predicted octanol–water partition coefficient (Wildman–Crippen LogP) is 0.00930. The van der Waals surface area contributed by atoms with Crippen LogP contribution in [0.2, 0.25) is 0 Å². The molecular formula is C7H14N2O2. The molecule has 1 fully saturated rings. The zero-order valence-corrected chi connectivity index (χ0v) is 6.42. The Morgan fingerprint density at radius 3 is 2.36 bits per heavy atom. The van der Waals surface area contributed by atoms with Crippen molar-refractivity contribution >= 4 is 5.91 Å². The van der Waals surface area contributed by atoms with Crippen LogP contribution < -0.4 is 11.2 Å². The van der Waals surface area contributed by atoms with E-state index in [0.717, 1.165) is 25.7 Å². The molecule has 0 aromatic carbocycles. The second-order valence-corrected chi connectivity index (χ2v) is 3.09. The topological polar surface area (TPSA) is 75.4 Å². The van der Waals surface area contributed by atoms with Gasteiger partial charge in [-0.1, -0.05) is 0 Å². The van der Waals surface area contributed by atoms with Crippen LogP contribution in [-0.2, 0) is 4.79 Å². The molecule has 1 amide bonds. The quantitative estimate of drug-likeness (QED) is 0.371. The largest absolute Gasteiger partial charge is 0.328 e. The molecule has 0 bridgehead atoms. The van der Waals surface area contributed by atoms with E-state index < -0.39 is 0 Å². The van der Waals surface area contributed by atoms with Crippen LogP contribution in [0.5, 0.6) is 0 Å². The average Bonchev–Trinajstić information content (AvgIpc) is 2.05. The summed E-state index contributed by atoms with van der Waals surface area (Å²) in [4.78, 5) is 10.9. The Balaban J connectivity index is 2.33. The number of nitrogens with one attached hydrogen (secondary N) is 1. The van der Waals surface area contributed by atoms with Crippen molar-refractivity contribution in [1.82, 2.24) is 5.48 Å². The third kappa shape index (κ3) is 2.17. The van der Waals surface area contributed by atoms with Gasteiger partial charge in [-0.05, 0) is 25.7 Å². The Morgan fingerprint density at radius 2 is 1.91 bits per heavy atom. The van der Waals surface area contributed by atoms with Crippen LogP contribution in [0.4, 0.5) is 0 Å². The first kappa shape index (κ1) is 8.49. The summed E-state index contributed by atoms with van der Waals surface area (Å²) in [6, 6.07) is 0.248. The van der Waals surface area contributed by atoms with Gasteiger partial charge in [0.2, 0.25) is 5.91 Å². The van der Waals surface area contributed by atoms with E-state index in [2.05, 4.69) is 0 Å². The van der Waals surface area contributed by atoms with Crippen molar-refractivity contribution in [2.45, 2.75) is 31.7 Å². The number of nitrogens with two attached hydrogens (primary N) is 1. The van der Waals surface area contributed by atoms with E-state index >= 15 is 0 Å². The molecule has 0 saturated heterocycles. The van der Waals surface area contributed by atoms with Crippen molar-refractivity contribution in [3.63, 3.8) is 0 Å². The zero-order chi connectivity index (χ0) is 8.27. The molecule has 0 spiro atoms. The van der Waals surface area contributed by atoms with Gasteiger partial charge in [0.15, 0.2) is 0 Å². The maximum Gasteiger partial charge on any atom is 0.246 e. The molecule has 4 N–H and O–H groups in total. The molecule has 64 valence electrons. The first-order valence-electron chi connectivity index (χ1n) is 3.93. The summed E-state index contributed by atoms with van der Waals surface area (Å²) in [6.07, 6.45) is 3.37. The minimum atomic E-state index is -0.267. The molecule has 1 saturated carbocycles. The van der Waals surface area contributed by atoms with Crippen molar-refractivity contribution in [1.29, 1.82) is 0 Å². The highest BCUT2D eigenvalue weighted by atomic mass is 16.5. The van der Waals surface area contributed by atoms with Gasteiger partial charge in [-0.25, -0.2) is 5.48 Å². The van der Waals surface area contributed by atoms with Gasteiger partial charge in [-0.3, -0.25) is 10.0 Å². The van der Waals surface area contributed by atoms with E-state index in [4.69, 9.17) is 10.9 Å². The molecule has 0 aromatic rings. The molecular weight excluding hydrogens is 144 g/mol. The monoisotopic (exact) mass is 158 g/mol. The second-order valence-electron chi connectivity index (χ2n) is 3.09. The SMILES string of the molecule is NC1CCC(C(=O)NO)CC1. The molecule has 4 nitrogen and oxygen atoms in total. The fourth-order valence-electron chi connectivity index (χ4n) is 1.47. The summed E-state index contributed by atoms with van der Waals surface area (Å²) in [6.45, 7) is 0. The summed E-state index contributed by atoms with van der Waals surface area (Å²) in [5.41, 5.74) is 7.31. The molecule has 0 heterocycles. The molecule has 0 aliphatic heterocycles. The molecule has 0 unspecified atom stereocenters. The lowest BCUT2D eigenvalue weighted by Crippen LogP contribution is -2.34. The molecule has 1 aliphatic carbocycles. The molecule has 1 aliphatic rings. The first-order chi connectivity index (χ1) is 5.24. The lowest BCUT2D eigenvalue weighted by Gasteiger charge is -2.23. The van der Waals surface area contributed by atoms with Gasteiger partial charge in [0, 0.05) is 12.0 Å². The van der Waals surface area contributed by atoms with E-state index in [1.54, 1.807) is 5.48 Å². The third-order valence-corrected chi connectivity index (χ3v) is 2.25. The van der Waals surface area contributed by atoms with Gasteiger partial charge in [0.1, 0.15) is 0 Å². The van der Waals surface area contributed by atoms with Gasteiger partial charge in [-0.15, -0.1) is 0 Å². The van der Waals surface area contributed by atoms with Crippen LogP contribution in [0.25, 0.3) is 0 Å². The van der Waals surface area contributed by atoms with E-state index in [9.17, 15) is 4.79 Å². The van der Waals surface area contributed by atoms with Crippen LogP contribution in [-0.4, -0.2) is 17.2 Å². The maximum absolute atomic E-state index is 10.9. The highest BCUT2D eigenvalue weighted by Gasteiger charge is 2.23. The van der Waals surface area contributed by atoms with E-state index in [-0.39, 0.29) is 17.9 Å². The van der Waals surface area contributed by atoms with Crippen LogP contribution in [0.1, 0.15) is 25.7 Å². The maximum atomic E-state index is 10.9. The van der Waals surface area contributed by atoms with Crippen molar-refractivity contribution in [2.24, 2.45) is 11.7 Å². The van der Waals surface area contributed by atoms with Crippen molar-refractivity contribution in [3.8, 4) is 0 Å². The number of rotatable bonds is 1. The Hall–Kier alpha value is -0.610. The minimum Gasteiger partial charge on any atom is -0.328 e. The second kappa shape index (κ2) is 3.69. The third-order valence-electron chi connectivity index (χ3n) is 2.25. The molecule has 4 heteroatoms. The summed E-state index contributed by atoms with van der Waals surface area (Å²) in [7, 11) is 0. The molecule has 0 radical (unpaired) electrons. The number of hydrogen-bond donors (Lipinski definition) is 3. The van der Waals surface area contributed by atoms with Crippen LogP contribution in [0.3, 0.4) is 0 Å². The summed E-state index contributed by atoms with van der Waals surface area (Å²) in [5, 5.41) is 8.32. The smallest absolute Gasteiger partial charge is 0.246 e. The minimum absolute atomic E-state index is 0.0280. The molecule has 1 rings (SSSR count). The van der Waals surface area contributed by atoms with E-state index in [0.29, 0.717) is 0 Å². The van der Waals surface area contributed by atoms with Crippen molar-refractivity contribution < 1.29 is 10.0 Å². The Bertz CT molecular complexity index is 141. The van der Waals surface area contributed by atoms with Crippen molar-refractivity contribution in [2.75, 3.05) is 0 Å². The van der Waals surface area contributed by atoms with Gasteiger partial charge < -0.3 is 5.73 Å². The van der Waals surface area contributed by atoms with Crippen molar-refractivity contribution in [3.05, 3.63) is 0 Å². The number of amides is 1. The standard InChI is InChI=1S/C7H14N2O2/c8-6-3-1-5(2-4-6)7(10)9-11/h5-6,11H,1-4,8H2,(H,9,10). The van der Waals surface area contributed by atoms with Crippen LogP contribution >= 0.6 is 0 Å². The molecule has 11 heavy (non-hydrogen) atoms. The molecule has 0 atom stereocenters. The van der Waals surface area contributed by atoms with Crippen LogP contribution in [0, 0.1) is 5.92 Å². The Morgan fingerprint density at radius 1 is 1.36 bits per heavy atom. The Labute approximate surface area is 65.7 Å². The predicted molar refractivity (Wildman–Crippen MR) is 39.9 cm³/mol. The zero-order valence-electron chi connectivity index (χ0n) is 6.42. The van der Waals surface area contributed by atoms with Gasteiger partial charge in [0.25, 0.3) is 0 Å². The van der Waals surface area contributed by atoms with E-state index in [1.807, 2.05) is 0 Å². The normalized spacial score (nSPS) is 31.5. The number of hydrogen-bond acceptors (Lipinski definition) is 3. The Kier molecular flexibility index (Phi) is 2.84. The summed E-state index contributed by atoms with van der Waals surface area (Å²) < 4.78 is 0. The van der Waals surface area contributed by atoms with Gasteiger partial charge in [-0.2, -0.15) is 0 Å². The highest BCUT2D eigenvalue weighted by molar-refractivity contribution is 5.77. The average molecular weight is 158 g/mol. The van der Waals surface area contributed by atoms with Gasteiger partial charge in [0.05, 0.1) is 0 Å². The fraction of sp³-hybridized carbons (Fsp3) is 0.857. The fourth-order valence-corrected chi connectivity index (χ4v) is 1.47. The summed E-state index contributed by atoms with van der Waals surface area (Å²) >= 11 is 0. The van der Waals surface area contributed by atoms with E-state index in [1.165, 1.54) is 0 Å². The molecule has 0 aromatic heterocycles. The lowest BCUT2D eigenvalue weighted by molar-refractivity contribution is -0.134. The highest BCUT2D eigenvalue weighted by Crippen LogP contribution is 2.22. The van der Waals surface area contributed by atoms with Gasteiger partial charge >= 0.3 is 0 Å².